The summed E-state index contributed by atoms with van der Waals surface area (Å²) in [5.74, 6) is 0.133. The predicted molar refractivity (Wildman–Crippen MR) is 119 cm³/mol. The van der Waals surface area contributed by atoms with E-state index in [9.17, 15) is 18.3 Å². The summed E-state index contributed by atoms with van der Waals surface area (Å²) in [6, 6.07) is 12.7. The van der Waals surface area contributed by atoms with E-state index >= 15 is 0 Å². The molecule has 31 heavy (non-hydrogen) atoms. The molecule has 1 amide bonds. The molecular formula is C23H31NO6S. The van der Waals surface area contributed by atoms with Gasteiger partial charge in [0, 0.05) is 7.05 Å². The van der Waals surface area contributed by atoms with Crippen LogP contribution in [0.1, 0.15) is 51.3 Å². The number of rotatable bonds is 8. The predicted octanol–water partition coefficient (Wildman–Crippen LogP) is 4.31. The van der Waals surface area contributed by atoms with E-state index in [2.05, 4.69) is 6.92 Å². The maximum atomic E-state index is 12.5. The molecule has 1 unspecified atom stereocenters. The molecule has 0 radical (unpaired) electrons. The van der Waals surface area contributed by atoms with Gasteiger partial charge in [0.1, 0.15) is 16.2 Å². The summed E-state index contributed by atoms with van der Waals surface area (Å²) in [5.41, 5.74) is 0.956. The first kappa shape index (κ1) is 24.7. The minimum atomic E-state index is -3.96. The second-order valence-electron chi connectivity index (χ2n) is 8.38. The number of carbonyl (C=O) groups is 1. The highest BCUT2D eigenvalue weighted by Gasteiger charge is 2.22. The third-order valence-electron chi connectivity index (χ3n) is 4.37. The third-order valence-corrected chi connectivity index (χ3v) is 5.63. The number of ether oxygens (including phenoxy) is 1. The van der Waals surface area contributed by atoms with Gasteiger partial charge in [-0.2, -0.15) is 8.42 Å². The lowest BCUT2D eigenvalue weighted by Gasteiger charge is -2.26. The minimum Gasteiger partial charge on any atom is -0.444 e. The van der Waals surface area contributed by atoms with Crippen LogP contribution in [0.25, 0.3) is 0 Å². The molecule has 0 spiro atoms. The van der Waals surface area contributed by atoms with Crippen molar-refractivity contribution in [3.8, 4) is 5.75 Å². The normalized spacial score (nSPS) is 12.8. The molecule has 0 aliphatic carbocycles. The van der Waals surface area contributed by atoms with E-state index in [-0.39, 0.29) is 17.2 Å². The summed E-state index contributed by atoms with van der Waals surface area (Å²) in [7, 11) is -2.42. The molecule has 2 aromatic carbocycles. The van der Waals surface area contributed by atoms with Crippen molar-refractivity contribution in [2.24, 2.45) is 0 Å². The zero-order valence-corrected chi connectivity index (χ0v) is 19.5. The Balaban J connectivity index is 2.01. The largest absolute Gasteiger partial charge is 0.444 e. The van der Waals surface area contributed by atoms with Crippen molar-refractivity contribution in [1.82, 2.24) is 4.90 Å². The van der Waals surface area contributed by atoms with Crippen molar-refractivity contribution in [2.45, 2.75) is 57.1 Å². The Morgan fingerprint density at radius 2 is 1.65 bits per heavy atom. The first-order valence-corrected chi connectivity index (χ1v) is 11.6. The Morgan fingerprint density at radius 3 is 2.16 bits per heavy atom. The summed E-state index contributed by atoms with van der Waals surface area (Å²) >= 11 is 0. The van der Waals surface area contributed by atoms with Crippen molar-refractivity contribution >= 4 is 16.2 Å². The molecule has 1 atom stereocenters. The number of carbonyl (C=O) groups excluding carboxylic acids is 1. The number of hydrogen-bond acceptors (Lipinski definition) is 6. The maximum absolute atomic E-state index is 12.5. The fourth-order valence-electron chi connectivity index (χ4n) is 2.81. The van der Waals surface area contributed by atoms with Crippen LogP contribution in [0.5, 0.6) is 5.75 Å². The van der Waals surface area contributed by atoms with Gasteiger partial charge in [-0.05, 0) is 62.6 Å². The van der Waals surface area contributed by atoms with Crippen molar-refractivity contribution < 1.29 is 27.2 Å². The van der Waals surface area contributed by atoms with Gasteiger partial charge in [-0.25, -0.2) is 4.79 Å². The molecule has 0 fully saturated rings. The lowest BCUT2D eigenvalue weighted by Crippen LogP contribution is -2.36. The number of hydrogen-bond donors (Lipinski definition) is 1. The number of benzene rings is 2. The van der Waals surface area contributed by atoms with Crippen LogP contribution in [0.3, 0.4) is 0 Å². The molecule has 7 nitrogen and oxygen atoms in total. The van der Waals surface area contributed by atoms with Gasteiger partial charge in [0.25, 0.3) is 0 Å². The highest BCUT2D eigenvalue weighted by molar-refractivity contribution is 7.87. The van der Waals surface area contributed by atoms with Crippen LogP contribution in [0.2, 0.25) is 0 Å². The third kappa shape index (κ3) is 7.56. The summed E-state index contributed by atoms with van der Waals surface area (Å²) in [6.45, 7) is 7.38. The van der Waals surface area contributed by atoms with E-state index in [0.717, 1.165) is 18.4 Å². The van der Waals surface area contributed by atoms with Crippen molar-refractivity contribution in [3.05, 3.63) is 59.7 Å². The van der Waals surface area contributed by atoms with Gasteiger partial charge < -0.3 is 18.9 Å². The Hall–Kier alpha value is -2.58. The van der Waals surface area contributed by atoms with Crippen LogP contribution in [-0.4, -0.2) is 43.7 Å². The van der Waals surface area contributed by atoms with Gasteiger partial charge in [0.2, 0.25) is 0 Å². The second kappa shape index (κ2) is 10.2. The second-order valence-corrected chi connectivity index (χ2v) is 9.92. The molecular weight excluding hydrogens is 418 g/mol. The van der Waals surface area contributed by atoms with Crippen LogP contribution in [0, 0.1) is 0 Å². The van der Waals surface area contributed by atoms with Gasteiger partial charge in [-0.15, -0.1) is 0 Å². The van der Waals surface area contributed by atoms with E-state index in [1.165, 1.54) is 36.2 Å². The molecule has 0 aromatic heterocycles. The van der Waals surface area contributed by atoms with Crippen LogP contribution in [0.15, 0.2) is 53.4 Å². The molecule has 0 heterocycles. The summed E-state index contributed by atoms with van der Waals surface area (Å²) in [6.07, 6.45) is 0.361. The topological polar surface area (TPSA) is 93.1 Å². The Labute approximate surface area is 184 Å². The monoisotopic (exact) mass is 449 g/mol. The fraction of sp³-hybridized carbons (Fsp3) is 0.435. The van der Waals surface area contributed by atoms with Gasteiger partial charge in [-0.3, -0.25) is 0 Å². The van der Waals surface area contributed by atoms with Gasteiger partial charge in [0.15, 0.2) is 0 Å². The number of amides is 1. The molecule has 170 valence electrons. The summed E-state index contributed by atoms with van der Waals surface area (Å²) in [4.78, 5) is 13.4. The van der Waals surface area contributed by atoms with Crippen molar-refractivity contribution in [1.29, 1.82) is 0 Å². The minimum absolute atomic E-state index is 0.0253. The van der Waals surface area contributed by atoms with Crippen molar-refractivity contribution in [3.63, 3.8) is 0 Å². The number of aryl methyl sites for hydroxylation is 1. The Morgan fingerprint density at radius 1 is 1.06 bits per heavy atom. The lowest BCUT2D eigenvalue weighted by molar-refractivity contribution is 0.0205. The smallest absolute Gasteiger partial charge is 0.410 e. The maximum Gasteiger partial charge on any atom is 0.410 e. The standard InChI is InChI=1S/C23H31NO6S/c1-6-7-17-8-14-20(15-9-17)31(27,28)30-19-12-10-18(11-13-19)21(25)16-24(5)22(26)29-23(2,3)4/h8-15,21,25H,6-7,16H2,1-5H3. The van der Waals surface area contributed by atoms with Crippen LogP contribution in [0.4, 0.5) is 4.79 Å². The quantitative estimate of drug-likeness (QED) is 0.604. The Kier molecular flexibility index (Phi) is 8.08. The number of likely N-dealkylation sites (N-methyl/N-ethyl adjacent to an activating group) is 1. The van der Waals surface area contributed by atoms with Crippen LogP contribution < -0.4 is 4.18 Å². The van der Waals surface area contributed by atoms with E-state index in [4.69, 9.17) is 8.92 Å². The number of aliphatic hydroxyl groups is 1. The molecule has 0 saturated carbocycles. The van der Waals surface area contributed by atoms with E-state index in [1.807, 2.05) is 0 Å². The molecule has 0 saturated heterocycles. The zero-order chi connectivity index (χ0) is 23.2. The van der Waals surface area contributed by atoms with Gasteiger partial charge >= 0.3 is 16.2 Å². The fourth-order valence-corrected chi connectivity index (χ4v) is 3.74. The van der Waals surface area contributed by atoms with Gasteiger partial charge in [-0.1, -0.05) is 37.6 Å². The summed E-state index contributed by atoms with van der Waals surface area (Å²) < 4.78 is 35.5. The van der Waals surface area contributed by atoms with Crippen molar-refractivity contribution in [2.75, 3.05) is 13.6 Å². The SMILES string of the molecule is CCCc1ccc(S(=O)(=O)Oc2ccc(C(O)CN(C)C(=O)OC(C)(C)C)cc2)cc1. The molecule has 0 aliphatic rings. The average molecular weight is 450 g/mol. The molecule has 2 rings (SSSR count). The molecule has 0 aliphatic heterocycles. The zero-order valence-electron chi connectivity index (χ0n) is 18.7. The average Bonchev–Trinajstić information content (AvgIpc) is 2.67. The summed E-state index contributed by atoms with van der Waals surface area (Å²) in [5, 5.41) is 10.4. The highest BCUT2D eigenvalue weighted by Crippen LogP contribution is 2.23. The molecule has 2 aromatic rings. The van der Waals surface area contributed by atoms with Crippen LogP contribution >= 0.6 is 0 Å². The molecule has 0 bridgehead atoms. The molecule has 1 N–H and O–H groups in total. The van der Waals surface area contributed by atoms with E-state index in [0.29, 0.717) is 5.56 Å². The van der Waals surface area contributed by atoms with E-state index < -0.39 is 27.9 Å². The first-order chi connectivity index (χ1) is 14.4. The lowest BCUT2D eigenvalue weighted by atomic mass is 10.1. The first-order valence-electron chi connectivity index (χ1n) is 10.2. The molecule has 8 heteroatoms. The number of aliphatic hydroxyl groups excluding tert-OH is 1. The van der Waals surface area contributed by atoms with Gasteiger partial charge in [0.05, 0.1) is 12.6 Å². The highest BCUT2D eigenvalue weighted by atomic mass is 32.2. The number of nitrogens with zero attached hydrogens (tertiary/aromatic N) is 1. The van der Waals surface area contributed by atoms with E-state index in [1.54, 1.807) is 45.0 Å². The van der Waals surface area contributed by atoms with Crippen LogP contribution in [-0.2, 0) is 21.3 Å². The Bertz CT molecular complexity index is 963.